The lowest BCUT2D eigenvalue weighted by atomic mass is 9.98. The van der Waals surface area contributed by atoms with Crippen molar-refractivity contribution in [3.63, 3.8) is 0 Å². The summed E-state index contributed by atoms with van der Waals surface area (Å²) in [4.78, 5) is 60.1. The van der Waals surface area contributed by atoms with Gasteiger partial charge in [-0.15, -0.1) is 0 Å². The van der Waals surface area contributed by atoms with Crippen LogP contribution >= 0.6 is 0 Å². The van der Waals surface area contributed by atoms with Gasteiger partial charge in [0.15, 0.2) is 0 Å². The van der Waals surface area contributed by atoms with Crippen LogP contribution in [0.15, 0.2) is 17.1 Å². The number of methoxy groups -OCH3 is 1. The van der Waals surface area contributed by atoms with Crippen molar-refractivity contribution in [3.8, 4) is 0 Å². The maximum absolute atomic E-state index is 12.6. The Kier molecular flexibility index (Phi) is 6.85. The second kappa shape index (κ2) is 9.11. The number of ether oxygens (including phenoxy) is 2. The first-order valence-corrected chi connectivity index (χ1v) is 8.70. The van der Waals surface area contributed by atoms with Crippen LogP contribution in [0.3, 0.4) is 0 Å². The fraction of sp³-hybridized carbons (Fsp3) is 0.529. The molecule has 1 aliphatic heterocycles. The van der Waals surface area contributed by atoms with Crippen LogP contribution < -0.4 is 5.56 Å². The predicted molar refractivity (Wildman–Crippen MR) is 94.6 cm³/mol. The zero-order valence-corrected chi connectivity index (χ0v) is 15.6. The molecule has 0 saturated carbocycles. The molecule has 1 unspecified atom stereocenters. The molecular weight excluding hydrogens is 374 g/mol. The molecule has 2 rings (SSSR count). The number of carbonyl (C=O) groups is 3. The zero-order chi connectivity index (χ0) is 20.8. The smallest absolute Gasteiger partial charge is 0.339 e. The maximum Gasteiger partial charge on any atom is 0.339 e. The van der Waals surface area contributed by atoms with Gasteiger partial charge in [0.25, 0.3) is 0 Å². The minimum Gasteiger partial charge on any atom is -0.466 e. The number of pyridine rings is 1. The summed E-state index contributed by atoms with van der Waals surface area (Å²) >= 11 is 0. The number of amides is 1. The van der Waals surface area contributed by atoms with Gasteiger partial charge in [-0.05, 0) is 19.8 Å². The number of nitrogens with zero attached hydrogens (tertiary/aromatic N) is 3. The molecule has 1 fully saturated rings. The van der Waals surface area contributed by atoms with Gasteiger partial charge in [0.05, 0.1) is 30.1 Å². The highest BCUT2D eigenvalue weighted by molar-refractivity contribution is 5.89. The average Bonchev–Trinajstić information content (AvgIpc) is 2.68. The predicted octanol–water partition coefficient (Wildman–Crippen LogP) is 0.345. The Balaban J connectivity index is 2.24. The summed E-state index contributed by atoms with van der Waals surface area (Å²) in [5.41, 5.74) is -2.06. The van der Waals surface area contributed by atoms with Crippen molar-refractivity contribution in [2.75, 3.05) is 26.8 Å². The molecule has 2 heterocycles. The van der Waals surface area contributed by atoms with E-state index in [-0.39, 0.29) is 24.7 Å². The van der Waals surface area contributed by atoms with Crippen LogP contribution in [0.25, 0.3) is 0 Å². The first-order valence-electron chi connectivity index (χ1n) is 8.70. The number of rotatable bonds is 6. The maximum atomic E-state index is 12.6. The van der Waals surface area contributed by atoms with E-state index >= 15 is 0 Å². The Labute approximate surface area is 160 Å². The average molecular weight is 395 g/mol. The Morgan fingerprint density at radius 1 is 1.36 bits per heavy atom. The first-order chi connectivity index (χ1) is 13.3. The Morgan fingerprint density at radius 2 is 2.07 bits per heavy atom. The van der Waals surface area contributed by atoms with Gasteiger partial charge in [0.2, 0.25) is 5.91 Å². The molecule has 11 nitrogen and oxygen atoms in total. The third-order valence-corrected chi connectivity index (χ3v) is 4.38. The lowest BCUT2D eigenvalue weighted by Gasteiger charge is -2.31. The van der Waals surface area contributed by atoms with Gasteiger partial charge in [-0.25, -0.2) is 4.79 Å². The normalized spacial score (nSPS) is 16.4. The SMILES string of the molecule is CCOC(=O)C1CCCN(C(=O)Cn2cc(C(=O)OC)cc([N+](=O)[O-])c2=O)C1. The highest BCUT2D eigenvalue weighted by Crippen LogP contribution is 2.18. The summed E-state index contributed by atoms with van der Waals surface area (Å²) in [5.74, 6) is -2.21. The van der Waals surface area contributed by atoms with Crippen LogP contribution in [0, 0.1) is 16.0 Å². The largest absolute Gasteiger partial charge is 0.466 e. The first kappa shape index (κ1) is 21.1. The van der Waals surface area contributed by atoms with Gasteiger partial charge in [-0.3, -0.25) is 29.1 Å². The van der Waals surface area contributed by atoms with Gasteiger partial charge < -0.3 is 14.4 Å². The van der Waals surface area contributed by atoms with Crippen molar-refractivity contribution >= 4 is 23.5 Å². The Hall–Kier alpha value is -3.24. The van der Waals surface area contributed by atoms with Crippen LogP contribution in [0.4, 0.5) is 5.69 Å². The monoisotopic (exact) mass is 395 g/mol. The fourth-order valence-corrected chi connectivity index (χ4v) is 3.00. The second-order valence-corrected chi connectivity index (χ2v) is 6.23. The number of likely N-dealkylation sites (tertiary alicyclic amines) is 1. The van der Waals surface area contributed by atoms with E-state index in [2.05, 4.69) is 4.74 Å². The van der Waals surface area contributed by atoms with Gasteiger partial charge in [-0.1, -0.05) is 0 Å². The minimum atomic E-state index is -1.01. The standard InChI is InChI=1S/C17H21N3O8/c1-3-28-17(24)11-5-4-6-18(8-11)14(21)10-19-9-12(16(23)27-2)7-13(15(19)22)20(25)26/h7,9,11H,3-6,8,10H2,1-2H3. The van der Waals surface area contributed by atoms with Crippen LogP contribution in [-0.2, 0) is 25.6 Å². The zero-order valence-electron chi connectivity index (χ0n) is 15.6. The van der Waals surface area contributed by atoms with Crippen molar-refractivity contribution in [1.29, 1.82) is 0 Å². The number of hydrogen-bond donors (Lipinski definition) is 0. The molecule has 28 heavy (non-hydrogen) atoms. The molecule has 0 aromatic carbocycles. The van der Waals surface area contributed by atoms with E-state index in [9.17, 15) is 29.3 Å². The summed E-state index contributed by atoms with van der Waals surface area (Å²) in [6.45, 7) is 1.97. The summed E-state index contributed by atoms with van der Waals surface area (Å²) < 4.78 is 10.3. The molecular formula is C17H21N3O8. The van der Waals surface area contributed by atoms with Crippen LogP contribution in [0.5, 0.6) is 0 Å². The molecule has 1 atom stereocenters. The molecule has 1 amide bonds. The third-order valence-electron chi connectivity index (χ3n) is 4.38. The van der Waals surface area contributed by atoms with Gasteiger partial charge in [-0.2, -0.15) is 0 Å². The molecule has 152 valence electrons. The lowest BCUT2D eigenvalue weighted by molar-refractivity contribution is -0.386. The number of piperidine rings is 1. The van der Waals surface area contributed by atoms with E-state index in [0.717, 1.165) is 23.9 Å². The third kappa shape index (κ3) is 4.72. The Morgan fingerprint density at radius 3 is 2.68 bits per heavy atom. The van der Waals surface area contributed by atoms with E-state index in [0.29, 0.717) is 19.4 Å². The van der Waals surface area contributed by atoms with E-state index < -0.39 is 40.5 Å². The molecule has 1 aliphatic rings. The van der Waals surface area contributed by atoms with Crippen molar-refractivity contribution in [2.24, 2.45) is 5.92 Å². The van der Waals surface area contributed by atoms with Gasteiger partial charge in [0, 0.05) is 25.4 Å². The van der Waals surface area contributed by atoms with Crippen molar-refractivity contribution in [1.82, 2.24) is 9.47 Å². The van der Waals surface area contributed by atoms with E-state index in [1.54, 1.807) is 6.92 Å². The number of hydrogen-bond acceptors (Lipinski definition) is 8. The summed E-state index contributed by atoms with van der Waals surface area (Å²) in [6.07, 6.45) is 2.23. The van der Waals surface area contributed by atoms with Crippen molar-refractivity contribution in [2.45, 2.75) is 26.3 Å². The molecule has 1 saturated heterocycles. The quantitative estimate of drug-likeness (QED) is 0.382. The van der Waals surface area contributed by atoms with E-state index in [1.165, 1.54) is 4.90 Å². The van der Waals surface area contributed by atoms with Crippen LogP contribution in [0.2, 0.25) is 0 Å². The summed E-state index contributed by atoms with van der Waals surface area (Å²) in [6, 6.07) is 0.812. The van der Waals surface area contributed by atoms with Gasteiger partial charge >= 0.3 is 23.2 Å². The summed E-state index contributed by atoms with van der Waals surface area (Å²) in [5, 5.41) is 11.1. The molecule has 11 heteroatoms. The number of aromatic nitrogens is 1. The van der Waals surface area contributed by atoms with Crippen molar-refractivity contribution < 1.29 is 28.8 Å². The lowest BCUT2D eigenvalue weighted by Crippen LogP contribution is -2.45. The number of carbonyl (C=O) groups excluding carboxylic acids is 3. The van der Waals surface area contributed by atoms with Crippen LogP contribution in [0.1, 0.15) is 30.1 Å². The van der Waals surface area contributed by atoms with Gasteiger partial charge in [0.1, 0.15) is 6.54 Å². The molecule has 0 bridgehead atoms. The minimum absolute atomic E-state index is 0.144. The highest BCUT2D eigenvalue weighted by atomic mass is 16.6. The molecule has 1 aromatic rings. The molecule has 1 aromatic heterocycles. The number of nitro groups is 1. The highest BCUT2D eigenvalue weighted by Gasteiger charge is 2.30. The topological polar surface area (TPSA) is 138 Å². The van der Waals surface area contributed by atoms with Crippen molar-refractivity contribution in [3.05, 3.63) is 38.3 Å². The molecule has 0 aliphatic carbocycles. The Bertz CT molecular complexity index is 847. The second-order valence-electron chi connectivity index (χ2n) is 6.23. The van der Waals surface area contributed by atoms with Crippen LogP contribution in [-0.4, -0.2) is 59.0 Å². The number of esters is 2. The fourth-order valence-electron chi connectivity index (χ4n) is 3.00. The van der Waals surface area contributed by atoms with E-state index in [4.69, 9.17) is 4.74 Å². The van der Waals surface area contributed by atoms with E-state index in [1.807, 2.05) is 0 Å². The molecule has 0 N–H and O–H groups in total. The molecule has 0 radical (unpaired) electrons. The summed E-state index contributed by atoms with van der Waals surface area (Å²) in [7, 11) is 1.10. The molecule has 0 spiro atoms.